The average Bonchev–Trinajstić information content (AvgIpc) is 3.08. The molecule has 1 unspecified atom stereocenters. The van der Waals surface area contributed by atoms with E-state index < -0.39 is 5.60 Å². The first-order chi connectivity index (χ1) is 11.7. The summed E-state index contributed by atoms with van der Waals surface area (Å²) in [4.78, 5) is 29.5. The first-order valence-corrected chi connectivity index (χ1v) is 9.71. The van der Waals surface area contributed by atoms with Crippen LogP contribution in [0.1, 0.15) is 46.0 Å². The summed E-state index contributed by atoms with van der Waals surface area (Å²) in [5.74, 6) is 0.452. The number of fused-ring (bicyclic) bond motifs is 1. The van der Waals surface area contributed by atoms with Crippen LogP contribution in [0.3, 0.4) is 0 Å². The van der Waals surface area contributed by atoms with E-state index in [0.717, 1.165) is 32.4 Å². The molecule has 3 saturated heterocycles. The van der Waals surface area contributed by atoms with Crippen LogP contribution in [0, 0.1) is 17.3 Å². The molecule has 6 nitrogen and oxygen atoms in total. The van der Waals surface area contributed by atoms with Crippen LogP contribution in [0.15, 0.2) is 0 Å². The molecule has 6 heteroatoms. The second kappa shape index (κ2) is 5.68. The van der Waals surface area contributed by atoms with Crippen molar-refractivity contribution in [1.29, 1.82) is 0 Å². The maximum atomic E-state index is 12.8. The van der Waals surface area contributed by atoms with Crippen LogP contribution >= 0.6 is 0 Å². The molecule has 2 N–H and O–H groups in total. The van der Waals surface area contributed by atoms with Crippen molar-refractivity contribution in [2.45, 2.75) is 63.6 Å². The molecule has 0 aromatic carbocycles. The van der Waals surface area contributed by atoms with Crippen LogP contribution in [-0.4, -0.2) is 71.1 Å². The highest BCUT2D eigenvalue weighted by atomic mass is 16.3. The maximum Gasteiger partial charge on any atom is 0.254 e. The number of nitrogens with one attached hydrogen (secondary N) is 1. The van der Waals surface area contributed by atoms with E-state index in [2.05, 4.69) is 31.1 Å². The molecule has 2 aliphatic carbocycles. The van der Waals surface area contributed by atoms with Gasteiger partial charge < -0.3 is 20.2 Å². The molecular weight excluding hydrogens is 318 g/mol. The lowest BCUT2D eigenvalue weighted by atomic mass is 9.61. The predicted molar refractivity (Wildman–Crippen MR) is 93.7 cm³/mol. The third kappa shape index (κ3) is 2.87. The molecule has 5 rings (SSSR count). The molecular formula is C19H31N3O3. The zero-order chi connectivity index (χ0) is 18.0. The minimum Gasteiger partial charge on any atom is -0.380 e. The Morgan fingerprint density at radius 2 is 1.92 bits per heavy atom. The molecule has 140 valence electrons. The highest BCUT2D eigenvalue weighted by Gasteiger charge is 2.61. The predicted octanol–water partition coefficient (Wildman–Crippen LogP) is 0.595. The van der Waals surface area contributed by atoms with Gasteiger partial charge in [-0.3, -0.25) is 9.59 Å². The molecule has 3 heterocycles. The van der Waals surface area contributed by atoms with Gasteiger partial charge in [-0.15, -0.1) is 0 Å². The number of hydrogen-bond acceptors (Lipinski definition) is 4. The minimum atomic E-state index is -1.18. The smallest absolute Gasteiger partial charge is 0.254 e. The van der Waals surface area contributed by atoms with Crippen LogP contribution in [0.5, 0.6) is 0 Å². The van der Waals surface area contributed by atoms with Crippen LogP contribution < -0.4 is 5.32 Å². The summed E-state index contributed by atoms with van der Waals surface area (Å²) in [6.07, 6.45) is 4.06. The number of hydrogen-bond donors (Lipinski definition) is 2. The summed E-state index contributed by atoms with van der Waals surface area (Å²) in [6.45, 7) is 6.74. The van der Waals surface area contributed by atoms with Crippen molar-refractivity contribution in [3.63, 3.8) is 0 Å². The maximum absolute atomic E-state index is 12.8. The van der Waals surface area contributed by atoms with E-state index in [1.165, 1.54) is 0 Å². The van der Waals surface area contributed by atoms with Gasteiger partial charge in [0.15, 0.2) is 0 Å². The number of amides is 2. The zero-order valence-electron chi connectivity index (χ0n) is 15.6. The van der Waals surface area contributed by atoms with Crippen LogP contribution in [-0.2, 0) is 9.59 Å². The standard InChI is InChI=1S/C19H31N3O3/c1-18(2)10-19(25,11-18)17(24)22-9-13-7-14(22)15(13)20-16(23)12-5-4-6-21(3)8-12/h12-15,25H,4-11H2,1-3H3,(H,20,23)/t12?,13-,14-,15+/m0/s1. The van der Waals surface area contributed by atoms with Crippen LogP contribution in [0.2, 0.25) is 0 Å². The fourth-order valence-corrected chi connectivity index (χ4v) is 5.68. The Bertz CT molecular complexity index is 582. The molecule has 0 radical (unpaired) electrons. The van der Waals surface area contributed by atoms with E-state index in [-0.39, 0.29) is 35.2 Å². The summed E-state index contributed by atoms with van der Waals surface area (Å²) in [5.41, 5.74) is -1.13. The van der Waals surface area contributed by atoms with Crippen molar-refractivity contribution >= 4 is 11.8 Å². The van der Waals surface area contributed by atoms with E-state index in [1.54, 1.807) is 0 Å². The van der Waals surface area contributed by atoms with Gasteiger partial charge in [-0.2, -0.15) is 0 Å². The topological polar surface area (TPSA) is 72.9 Å². The van der Waals surface area contributed by atoms with Gasteiger partial charge in [0.2, 0.25) is 5.91 Å². The lowest BCUT2D eigenvalue weighted by Crippen LogP contribution is -2.62. The van der Waals surface area contributed by atoms with Crippen molar-refractivity contribution in [1.82, 2.24) is 15.1 Å². The number of rotatable bonds is 3. The average molecular weight is 349 g/mol. The lowest BCUT2D eigenvalue weighted by Gasteiger charge is -2.50. The number of carbonyl (C=O) groups excluding carboxylic acids is 2. The Balaban J connectivity index is 1.35. The van der Waals surface area contributed by atoms with Gasteiger partial charge in [0.25, 0.3) is 5.91 Å². The lowest BCUT2D eigenvalue weighted by molar-refractivity contribution is -0.176. The largest absolute Gasteiger partial charge is 0.380 e. The Morgan fingerprint density at radius 3 is 2.56 bits per heavy atom. The first-order valence-electron chi connectivity index (χ1n) is 9.71. The van der Waals surface area contributed by atoms with E-state index in [4.69, 9.17) is 0 Å². The molecule has 2 amide bonds. The number of likely N-dealkylation sites (tertiary alicyclic amines) is 1. The Hall–Kier alpha value is -1.14. The van der Waals surface area contributed by atoms with Crippen molar-refractivity contribution < 1.29 is 14.7 Å². The van der Waals surface area contributed by atoms with E-state index in [0.29, 0.717) is 25.3 Å². The summed E-state index contributed by atoms with van der Waals surface area (Å²) in [7, 11) is 2.06. The molecule has 0 aromatic rings. The SMILES string of the molecule is CN1CCCC(C(=O)N[C@@H]2[C@H]3C[C@@H]2N(C(=O)C2(O)CC(C)(C)C2)C3)C1. The zero-order valence-corrected chi connectivity index (χ0v) is 15.6. The van der Waals surface area contributed by atoms with Gasteiger partial charge in [-0.05, 0) is 51.1 Å². The minimum absolute atomic E-state index is 0.0493. The molecule has 25 heavy (non-hydrogen) atoms. The second-order valence-electron chi connectivity index (χ2n) is 9.71. The van der Waals surface area contributed by atoms with Gasteiger partial charge in [-0.1, -0.05) is 13.8 Å². The highest BCUT2D eigenvalue weighted by Crippen LogP contribution is 2.51. The van der Waals surface area contributed by atoms with Crippen LogP contribution in [0.4, 0.5) is 0 Å². The second-order valence-corrected chi connectivity index (χ2v) is 9.71. The number of aliphatic hydroxyl groups is 1. The van der Waals surface area contributed by atoms with Crippen LogP contribution in [0.25, 0.3) is 0 Å². The van der Waals surface area contributed by atoms with Crippen molar-refractivity contribution in [2.24, 2.45) is 17.3 Å². The molecule has 4 atom stereocenters. The fraction of sp³-hybridized carbons (Fsp3) is 0.895. The van der Waals surface area contributed by atoms with Gasteiger partial charge in [-0.25, -0.2) is 0 Å². The number of carbonyl (C=O) groups is 2. The molecule has 0 aromatic heterocycles. The third-order valence-corrected chi connectivity index (χ3v) is 6.80. The quantitative estimate of drug-likeness (QED) is 0.782. The molecule has 5 aliphatic rings. The molecule has 2 bridgehead atoms. The fourth-order valence-electron chi connectivity index (χ4n) is 5.68. The van der Waals surface area contributed by atoms with E-state index >= 15 is 0 Å². The molecule has 0 spiro atoms. The Morgan fingerprint density at radius 1 is 1.20 bits per heavy atom. The summed E-state index contributed by atoms with van der Waals surface area (Å²) in [6, 6.07) is 0.163. The summed E-state index contributed by atoms with van der Waals surface area (Å²) >= 11 is 0. The number of piperidine rings is 1. The first kappa shape index (κ1) is 17.3. The monoisotopic (exact) mass is 349 g/mol. The van der Waals surface area contributed by atoms with Gasteiger partial charge in [0.05, 0.1) is 18.0 Å². The van der Waals surface area contributed by atoms with E-state index in [9.17, 15) is 14.7 Å². The van der Waals surface area contributed by atoms with Crippen molar-refractivity contribution in [3.8, 4) is 0 Å². The van der Waals surface area contributed by atoms with Gasteiger partial charge in [0, 0.05) is 19.0 Å². The van der Waals surface area contributed by atoms with Crippen molar-refractivity contribution in [3.05, 3.63) is 0 Å². The van der Waals surface area contributed by atoms with Crippen molar-refractivity contribution in [2.75, 3.05) is 26.7 Å². The molecule has 3 aliphatic heterocycles. The Labute approximate surface area is 149 Å². The van der Waals surface area contributed by atoms with Gasteiger partial charge >= 0.3 is 0 Å². The highest BCUT2D eigenvalue weighted by molar-refractivity contribution is 5.88. The van der Waals surface area contributed by atoms with E-state index in [1.807, 2.05) is 4.90 Å². The third-order valence-electron chi connectivity index (χ3n) is 6.80. The Kier molecular flexibility index (Phi) is 3.93. The summed E-state index contributed by atoms with van der Waals surface area (Å²) < 4.78 is 0. The molecule has 5 fully saturated rings. The number of nitrogens with zero attached hydrogens (tertiary/aromatic N) is 2. The normalized spacial score (nSPS) is 38.6. The molecule has 2 saturated carbocycles. The summed E-state index contributed by atoms with van der Waals surface area (Å²) in [5, 5.41) is 13.8. The van der Waals surface area contributed by atoms with Gasteiger partial charge in [0.1, 0.15) is 5.60 Å².